The molecule has 0 unspecified atom stereocenters. The third-order valence-corrected chi connectivity index (χ3v) is 3.91. The molecule has 0 N–H and O–H groups in total. The molecule has 0 fully saturated rings. The monoisotopic (exact) mass is 378 g/mol. The van der Waals surface area contributed by atoms with E-state index in [1.54, 1.807) is 30.3 Å². The van der Waals surface area contributed by atoms with Crippen molar-refractivity contribution >= 4 is 17.7 Å². The van der Waals surface area contributed by atoms with Gasteiger partial charge in [-0.2, -0.15) is 0 Å². The molecule has 0 heterocycles. The van der Waals surface area contributed by atoms with Gasteiger partial charge >= 0.3 is 11.9 Å². The predicted molar refractivity (Wildman–Crippen MR) is 102 cm³/mol. The first-order chi connectivity index (χ1) is 13.1. The average Bonchev–Trinajstić information content (AvgIpc) is 2.69. The zero-order valence-electron chi connectivity index (χ0n) is 16.1. The Bertz CT molecular complexity index is 555. The lowest BCUT2D eigenvalue weighted by Crippen LogP contribution is -2.20. The van der Waals surface area contributed by atoms with Crippen molar-refractivity contribution < 1.29 is 28.6 Å². The van der Waals surface area contributed by atoms with E-state index < -0.39 is 11.8 Å². The predicted octanol–water partition coefficient (Wildman–Crippen LogP) is 3.72. The zero-order valence-corrected chi connectivity index (χ0v) is 16.1. The Morgan fingerprint density at radius 3 is 2.11 bits per heavy atom. The molecule has 1 rings (SSSR count). The van der Waals surface area contributed by atoms with Gasteiger partial charge in [0.2, 0.25) is 0 Å². The Kier molecular flexibility index (Phi) is 12.6. The lowest BCUT2D eigenvalue weighted by Gasteiger charge is -2.07. The molecule has 0 aliphatic heterocycles. The van der Waals surface area contributed by atoms with Crippen molar-refractivity contribution in [2.75, 3.05) is 26.4 Å². The maximum Gasteiger partial charge on any atom is 0.379 e. The van der Waals surface area contributed by atoms with Gasteiger partial charge in [-0.05, 0) is 6.42 Å². The van der Waals surface area contributed by atoms with Crippen LogP contribution < -0.4 is 0 Å². The molecular formula is C21H30O6. The second kappa shape index (κ2) is 14.9. The fraction of sp³-hybridized carbons (Fsp3) is 0.571. The highest BCUT2D eigenvalue weighted by molar-refractivity contribution is 6.40. The van der Waals surface area contributed by atoms with Gasteiger partial charge in [0.1, 0.15) is 13.2 Å². The second-order valence-corrected chi connectivity index (χ2v) is 6.18. The average molecular weight is 378 g/mol. The van der Waals surface area contributed by atoms with Crippen molar-refractivity contribution in [1.29, 1.82) is 0 Å². The van der Waals surface area contributed by atoms with Crippen LogP contribution in [0.1, 0.15) is 62.2 Å². The molecule has 0 saturated heterocycles. The molecule has 6 nitrogen and oxygen atoms in total. The lowest BCUT2D eigenvalue weighted by molar-refractivity contribution is -0.145. The number of carbonyl (C=O) groups is 3. The van der Waals surface area contributed by atoms with Crippen molar-refractivity contribution in [3.63, 3.8) is 0 Å². The summed E-state index contributed by atoms with van der Waals surface area (Å²) in [6.45, 7) is 2.69. The molecule has 150 valence electrons. The summed E-state index contributed by atoms with van der Waals surface area (Å²) in [4.78, 5) is 34.9. The van der Waals surface area contributed by atoms with Gasteiger partial charge in [-0.3, -0.25) is 9.59 Å². The highest BCUT2D eigenvalue weighted by Gasteiger charge is 2.17. The van der Waals surface area contributed by atoms with E-state index >= 15 is 0 Å². The van der Waals surface area contributed by atoms with Crippen molar-refractivity contribution in [2.45, 2.75) is 51.9 Å². The molecule has 0 saturated carbocycles. The van der Waals surface area contributed by atoms with Crippen LogP contribution >= 0.6 is 0 Å². The lowest BCUT2D eigenvalue weighted by atomic mass is 10.1. The Labute approximate surface area is 161 Å². The molecule has 1 aromatic carbocycles. The number of benzene rings is 1. The van der Waals surface area contributed by atoms with Crippen LogP contribution in [0.5, 0.6) is 0 Å². The van der Waals surface area contributed by atoms with Crippen molar-refractivity contribution in [3.05, 3.63) is 35.9 Å². The number of carbonyl (C=O) groups excluding carboxylic acids is 3. The van der Waals surface area contributed by atoms with Crippen molar-refractivity contribution in [2.24, 2.45) is 0 Å². The summed E-state index contributed by atoms with van der Waals surface area (Å²) in [5.41, 5.74) is 0.292. The van der Waals surface area contributed by atoms with Crippen LogP contribution in [0.4, 0.5) is 0 Å². The minimum absolute atomic E-state index is 0.0247. The summed E-state index contributed by atoms with van der Waals surface area (Å²) in [5, 5.41) is 0. The quantitative estimate of drug-likeness (QED) is 0.200. The number of rotatable bonds is 15. The standard InChI is InChI=1S/C21H30O6/c1-2-3-4-5-6-10-13-19(22)26-16-14-25-15-17-27-21(24)20(23)18-11-8-7-9-12-18/h7-9,11-12H,2-6,10,13-17H2,1H3. The molecule has 0 spiro atoms. The third-order valence-electron chi connectivity index (χ3n) is 3.91. The fourth-order valence-corrected chi connectivity index (χ4v) is 2.40. The normalized spacial score (nSPS) is 10.4. The van der Waals surface area contributed by atoms with Gasteiger partial charge in [0.05, 0.1) is 13.2 Å². The smallest absolute Gasteiger partial charge is 0.379 e. The third kappa shape index (κ3) is 11.2. The van der Waals surface area contributed by atoms with Crippen molar-refractivity contribution in [1.82, 2.24) is 0 Å². The van der Waals surface area contributed by atoms with Gasteiger partial charge in [-0.15, -0.1) is 0 Å². The number of unbranched alkanes of at least 4 members (excludes halogenated alkanes) is 5. The molecule has 0 bridgehead atoms. The summed E-state index contributed by atoms with van der Waals surface area (Å²) in [6, 6.07) is 8.23. The van der Waals surface area contributed by atoms with Gasteiger partial charge in [-0.1, -0.05) is 69.4 Å². The van der Waals surface area contributed by atoms with Gasteiger partial charge in [0.25, 0.3) is 5.78 Å². The van der Waals surface area contributed by atoms with Crippen LogP contribution in [0.25, 0.3) is 0 Å². The second-order valence-electron chi connectivity index (χ2n) is 6.18. The van der Waals surface area contributed by atoms with Crippen molar-refractivity contribution in [3.8, 4) is 0 Å². The summed E-state index contributed by atoms with van der Waals surface area (Å²) >= 11 is 0. The van der Waals surface area contributed by atoms with E-state index in [-0.39, 0.29) is 32.4 Å². The van der Waals surface area contributed by atoms with Crippen LogP contribution in [-0.4, -0.2) is 44.1 Å². The zero-order chi connectivity index (χ0) is 19.7. The topological polar surface area (TPSA) is 78.9 Å². The Morgan fingerprint density at radius 1 is 0.778 bits per heavy atom. The maximum atomic E-state index is 11.8. The highest BCUT2D eigenvalue weighted by atomic mass is 16.6. The van der Waals surface area contributed by atoms with Gasteiger partial charge in [0, 0.05) is 12.0 Å². The number of hydrogen-bond acceptors (Lipinski definition) is 6. The van der Waals surface area contributed by atoms with Crippen LogP contribution in [0.2, 0.25) is 0 Å². The molecule has 27 heavy (non-hydrogen) atoms. The Hall–Kier alpha value is -2.21. The number of esters is 2. The molecule has 0 aliphatic rings. The minimum Gasteiger partial charge on any atom is -0.463 e. The van der Waals surface area contributed by atoms with Crippen LogP contribution in [0.15, 0.2) is 30.3 Å². The van der Waals surface area contributed by atoms with Gasteiger partial charge in [0.15, 0.2) is 0 Å². The first kappa shape index (κ1) is 22.8. The SMILES string of the molecule is CCCCCCCCC(=O)OCCOCCOC(=O)C(=O)c1ccccc1. The number of ether oxygens (including phenoxy) is 3. The molecule has 1 aromatic rings. The number of Topliss-reactive ketones (excluding diaryl/α,β-unsaturated/α-hetero) is 1. The summed E-state index contributed by atoms with van der Waals surface area (Å²) < 4.78 is 15.1. The van der Waals surface area contributed by atoms with Crippen LogP contribution in [0.3, 0.4) is 0 Å². The minimum atomic E-state index is -0.907. The van der Waals surface area contributed by atoms with E-state index in [2.05, 4.69) is 6.92 Å². The Balaban J connectivity index is 1.96. The van der Waals surface area contributed by atoms with Crippen LogP contribution in [-0.2, 0) is 23.8 Å². The highest BCUT2D eigenvalue weighted by Crippen LogP contribution is 2.07. The van der Waals surface area contributed by atoms with Gasteiger partial charge < -0.3 is 14.2 Å². The number of ketones is 1. The molecule has 0 atom stereocenters. The molecule has 0 radical (unpaired) electrons. The summed E-state index contributed by atoms with van der Waals surface area (Å²) in [6.07, 6.45) is 7.19. The van der Waals surface area contributed by atoms with Crippen LogP contribution in [0, 0.1) is 0 Å². The largest absolute Gasteiger partial charge is 0.463 e. The van der Waals surface area contributed by atoms with E-state index in [0.717, 1.165) is 19.3 Å². The summed E-state index contributed by atoms with van der Waals surface area (Å²) in [5.74, 6) is -1.80. The molecule has 0 aliphatic carbocycles. The Morgan fingerprint density at radius 2 is 1.41 bits per heavy atom. The molecule has 0 amide bonds. The van der Waals surface area contributed by atoms with Gasteiger partial charge in [-0.25, -0.2) is 4.79 Å². The first-order valence-corrected chi connectivity index (χ1v) is 9.65. The summed E-state index contributed by atoms with van der Waals surface area (Å²) in [7, 11) is 0. The van der Waals surface area contributed by atoms with E-state index in [9.17, 15) is 14.4 Å². The molecular weight excluding hydrogens is 348 g/mol. The van der Waals surface area contributed by atoms with E-state index in [1.807, 2.05) is 0 Å². The van der Waals surface area contributed by atoms with E-state index in [0.29, 0.717) is 12.0 Å². The fourth-order valence-electron chi connectivity index (χ4n) is 2.40. The van der Waals surface area contributed by atoms with E-state index in [1.165, 1.54) is 19.3 Å². The number of hydrogen-bond donors (Lipinski definition) is 0. The molecule has 6 heteroatoms. The van der Waals surface area contributed by atoms with E-state index in [4.69, 9.17) is 14.2 Å². The maximum absolute atomic E-state index is 11.8. The first-order valence-electron chi connectivity index (χ1n) is 9.65. The molecule has 0 aromatic heterocycles.